The maximum atomic E-state index is 10.6. The average Bonchev–Trinajstić information content (AvgIpc) is 2.15. The molecule has 0 saturated heterocycles. The molecule has 1 rings (SSSR count). The lowest BCUT2D eigenvalue weighted by atomic mass is 10.3. The number of nitrogens with zero attached hydrogens (tertiary/aromatic N) is 1. The van der Waals surface area contributed by atoms with Crippen molar-refractivity contribution in [2.45, 2.75) is 6.92 Å². The van der Waals surface area contributed by atoms with Gasteiger partial charge in [0.25, 0.3) is 0 Å². The van der Waals surface area contributed by atoms with E-state index in [0.717, 1.165) is 0 Å². The van der Waals surface area contributed by atoms with Crippen LogP contribution >= 0.6 is 23.4 Å². The van der Waals surface area contributed by atoms with Crippen LogP contribution in [0.15, 0.2) is 18.3 Å². The summed E-state index contributed by atoms with van der Waals surface area (Å²) in [5.41, 5.74) is 0.693. The molecule has 0 aliphatic rings. The first-order valence-electron chi connectivity index (χ1n) is 3.93. The summed E-state index contributed by atoms with van der Waals surface area (Å²) in [6.45, 7) is 1.52. The van der Waals surface area contributed by atoms with E-state index in [1.165, 1.54) is 18.7 Å². The number of rotatable bonds is 1. The summed E-state index contributed by atoms with van der Waals surface area (Å²) in [5.74, 6) is 6.18. The van der Waals surface area contributed by atoms with Crippen LogP contribution < -0.4 is 0 Å². The Bertz CT molecular complexity index is 395. The monoisotopic (exact) mass is 225 g/mol. The molecule has 0 fully saturated rings. The molecular formula is C10H8ClNOS. The van der Waals surface area contributed by atoms with Gasteiger partial charge in [-0.05, 0) is 12.1 Å². The van der Waals surface area contributed by atoms with Gasteiger partial charge in [-0.15, -0.1) is 0 Å². The fourth-order valence-corrected chi connectivity index (χ4v) is 1.26. The van der Waals surface area contributed by atoms with Gasteiger partial charge in [0.15, 0.2) is 5.12 Å². The molecule has 0 amide bonds. The molecule has 0 saturated carbocycles. The third-order valence-corrected chi connectivity index (χ3v) is 2.33. The van der Waals surface area contributed by atoms with Crippen molar-refractivity contribution in [3.05, 3.63) is 29.0 Å². The Balaban J connectivity index is 2.59. The average molecular weight is 226 g/mol. The molecule has 0 atom stereocenters. The Morgan fingerprint density at radius 2 is 2.50 bits per heavy atom. The number of hydrogen-bond donors (Lipinski definition) is 0. The van der Waals surface area contributed by atoms with E-state index in [-0.39, 0.29) is 5.12 Å². The molecule has 1 aromatic rings. The summed E-state index contributed by atoms with van der Waals surface area (Å²) < 4.78 is 0. The fourth-order valence-electron chi connectivity index (χ4n) is 0.748. The van der Waals surface area contributed by atoms with Crippen LogP contribution in [0, 0.1) is 11.8 Å². The third kappa shape index (κ3) is 3.82. The van der Waals surface area contributed by atoms with E-state index in [1.54, 1.807) is 18.3 Å². The van der Waals surface area contributed by atoms with Crippen LogP contribution in [0.25, 0.3) is 0 Å². The summed E-state index contributed by atoms with van der Waals surface area (Å²) in [6.07, 6.45) is 1.61. The van der Waals surface area contributed by atoms with Crippen molar-refractivity contribution in [3.63, 3.8) is 0 Å². The van der Waals surface area contributed by atoms with Gasteiger partial charge in [0.2, 0.25) is 0 Å². The van der Waals surface area contributed by atoms with Gasteiger partial charge in [-0.2, -0.15) is 0 Å². The first kappa shape index (κ1) is 11.1. The van der Waals surface area contributed by atoms with E-state index in [1.807, 2.05) is 0 Å². The van der Waals surface area contributed by atoms with Crippen LogP contribution in [0.1, 0.15) is 12.5 Å². The first-order valence-corrected chi connectivity index (χ1v) is 5.29. The zero-order valence-electron chi connectivity index (χ0n) is 7.58. The third-order valence-electron chi connectivity index (χ3n) is 1.33. The standard InChI is InChI=1S/C10H8ClNOS/c1-8(13)14-7-3-5-9-4-2-6-12-10(9)11/h2,4,6H,7H2,1H3. The van der Waals surface area contributed by atoms with Gasteiger partial charge in [0.05, 0.1) is 11.3 Å². The minimum Gasteiger partial charge on any atom is -0.288 e. The lowest BCUT2D eigenvalue weighted by Gasteiger charge is -1.91. The van der Waals surface area contributed by atoms with Crippen LogP contribution in [0.4, 0.5) is 0 Å². The van der Waals surface area contributed by atoms with Gasteiger partial charge >= 0.3 is 0 Å². The summed E-state index contributed by atoms with van der Waals surface area (Å²) in [7, 11) is 0. The Morgan fingerprint density at radius 1 is 1.71 bits per heavy atom. The topological polar surface area (TPSA) is 30.0 Å². The van der Waals surface area contributed by atoms with Crippen molar-refractivity contribution in [1.29, 1.82) is 0 Å². The van der Waals surface area contributed by atoms with Crippen LogP contribution in [0.5, 0.6) is 0 Å². The summed E-state index contributed by atoms with van der Waals surface area (Å²) >= 11 is 6.96. The van der Waals surface area contributed by atoms with E-state index in [2.05, 4.69) is 16.8 Å². The van der Waals surface area contributed by atoms with Crippen molar-refractivity contribution in [2.75, 3.05) is 5.75 Å². The molecule has 0 radical (unpaired) electrons. The number of carbonyl (C=O) groups is 1. The molecule has 2 nitrogen and oxygen atoms in total. The molecule has 4 heteroatoms. The Labute approximate surface area is 92.1 Å². The van der Waals surface area contributed by atoms with Crippen molar-refractivity contribution in [3.8, 4) is 11.8 Å². The van der Waals surface area contributed by atoms with E-state index < -0.39 is 0 Å². The van der Waals surface area contributed by atoms with Crippen molar-refractivity contribution >= 4 is 28.5 Å². The van der Waals surface area contributed by atoms with Crippen LogP contribution in [0.2, 0.25) is 5.15 Å². The lowest BCUT2D eigenvalue weighted by Crippen LogP contribution is -1.83. The van der Waals surface area contributed by atoms with Gasteiger partial charge < -0.3 is 0 Å². The van der Waals surface area contributed by atoms with Gasteiger partial charge in [-0.3, -0.25) is 4.79 Å². The molecule has 72 valence electrons. The lowest BCUT2D eigenvalue weighted by molar-refractivity contribution is -0.109. The Kier molecular flexibility index (Phi) is 4.51. The first-order chi connectivity index (χ1) is 6.70. The maximum absolute atomic E-state index is 10.6. The summed E-state index contributed by atoms with van der Waals surface area (Å²) in [6, 6.07) is 3.56. The number of thioether (sulfide) groups is 1. The number of halogens is 1. The van der Waals surface area contributed by atoms with Crippen LogP contribution in [-0.2, 0) is 4.79 Å². The summed E-state index contributed by atoms with van der Waals surface area (Å²) in [4.78, 5) is 14.5. The second-order valence-corrected chi connectivity index (χ2v) is 3.93. The highest BCUT2D eigenvalue weighted by Crippen LogP contribution is 2.09. The van der Waals surface area contributed by atoms with Crippen molar-refractivity contribution < 1.29 is 4.79 Å². The number of pyridine rings is 1. The van der Waals surface area contributed by atoms with Crippen LogP contribution in [-0.4, -0.2) is 15.9 Å². The van der Waals surface area contributed by atoms with Gasteiger partial charge in [-0.25, -0.2) is 4.98 Å². The highest BCUT2D eigenvalue weighted by Gasteiger charge is 1.94. The minimum absolute atomic E-state index is 0.0663. The van der Waals surface area contributed by atoms with E-state index in [4.69, 9.17) is 11.6 Å². The number of aromatic nitrogens is 1. The Morgan fingerprint density at radius 3 is 3.14 bits per heavy atom. The molecule has 1 aromatic heterocycles. The predicted molar refractivity (Wildman–Crippen MR) is 59.3 cm³/mol. The minimum atomic E-state index is 0.0663. The second kappa shape index (κ2) is 5.69. The zero-order valence-corrected chi connectivity index (χ0v) is 9.15. The molecule has 1 heterocycles. The Hall–Kier alpha value is -0.980. The zero-order chi connectivity index (χ0) is 10.4. The second-order valence-electron chi connectivity index (χ2n) is 2.42. The van der Waals surface area contributed by atoms with Gasteiger partial charge in [-0.1, -0.05) is 35.2 Å². The molecule has 0 aromatic carbocycles. The van der Waals surface area contributed by atoms with E-state index >= 15 is 0 Å². The molecule has 0 aliphatic carbocycles. The summed E-state index contributed by atoms with van der Waals surface area (Å²) in [5, 5.41) is 0.462. The van der Waals surface area contributed by atoms with E-state index in [0.29, 0.717) is 16.5 Å². The fraction of sp³-hybridized carbons (Fsp3) is 0.200. The molecule has 14 heavy (non-hydrogen) atoms. The van der Waals surface area contributed by atoms with Gasteiger partial charge in [0.1, 0.15) is 5.15 Å². The van der Waals surface area contributed by atoms with Crippen molar-refractivity contribution in [1.82, 2.24) is 4.98 Å². The SMILES string of the molecule is CC(=O)SCC#Cc1cccnc1Cl. The molecular weight excluding hydrogens is 218 g/mol. The normalized spacial score (nSPS) is 9.00. The van der Waals surface area contributed by atoms with Crippen LogP contribution in [0.3, 0.4) is 0 Å². The molecule has 0 N–H and O–H groups in total. The molecule has 0 spiro atoms. The largest absolute Gasteiger partial charge is 0.288 e. The molecule has 0 aliphatic heterocycles. The quantitative estimate of drug-likeness (QED) is 0.543. The maximum Gasteiger partial charge on any atom is 0.186 e. The highest BCUT2D eigenvalue weighted by atomic mass is 35.5. The molecule has 0 unspecified atom stereocenters. The number of carbonyl (C=O) groups excluding carboxylic acids is 1. The predicted octanol–water partition coefficient (Wildman–Crippen LogP) is 2.37. The smallest absolute Gasteiger partial charge is 0.186 e. The van der Waals surface area contributed by atoms with Gasteiger partial charge in [0, 0.05) is 13.1 Å². The molecule has 0 bridgehead atoms. The number of hydrogen-bond acceptors (Lipinski definition) is 3. The highest BCUT2D eigenvalue weighted by molar-refractivity contribution is 8.13. The van der Waals surface area contributed by atoms with E-state index in [9.17, 15) is 4.79 Å². The van der Waals surface area contributed by atoms with Crippen molar-refractivity contribution in [2.24, 2.45) is 0 Å².